The second-order valence-electron chi connectivity index (χ2n) is 7.52. The lowest BCUT2D eigenvalue weighted by molar-refractivity contribution is -0.136. The largest absolute Gasteiger partial charge is 0.339 e. The Kier molecular flexibility index (Phi) is 3.82. The van der Waals surface area contributed by atoms with Crippen molar-refractivity contribution in [1.29, 1.82) is 0 Å². The van der Waals surface area contributed by atoms with E-state index in [2.05, 4.69) is 16.9 Å². The summed E-state index contributed by atoms with van der Waals surface area (Å²) in [6.07, 6.45) is 0.973. The fourth-order valence-electron chi connectivity index (χ4n) is 3.55. The van der Waals surface area contributed by atoms with Crippen molar-refractivity contribution in [2.75, 3.05) is 20.1 Å². The second kappa shape index (κ2) is 5.93. The summed E-state index contributed by atoms with van der Waals surface area (Å²) in [6.45, 7) is 4.89. The molecule has 2 aromatic rings. The van der Waals surface area contributed by atoms with Crippen LogP contribution in [0.5, 0.6) is 0 Å². The minimum Gasteiger partial charge on any atom is -0.339 e. The molecule has 2 amide bonds. The number of aromatic amines is 1. The van der Waals surface area contributed by atoms with E-state index in [9.17, 15) is 14.4 Å². The fraction of sp³-hybridized carbons (Fsp3) is 0.474. The van der Waals surface area contributed by atoms with Crippen LogP contribution < -0.4 is 5.56 Å². The lowest BCUT2D eigenvalue weighted by Gasteiger charge is -2.44. The molecule has 1 saturated carbocycles. The molecule has 2 aliphatic rings. The minimum atomic E-state index is -0.204. The molecule has 26 heavy (non-hydrogen) atoms. The maximum atomic E-state index is 12.7. The Labute approximate surface area is 151 Å². The summed E-state index contributed by atoms with van der Waals surface area (Å²) in [6, 6.07) is 5.04. The van der Waals surface area contributed by atoms with E-state index in [4.69, 9.17) is 0 Å². The lowest BCUT2D eigenvalue weighted by atomic mass is 10.0. The van der Waals surface area contributed by atoms with E-state index in [1.54, 1.807) is 34.9 Å². The monoisotopic (exact) mass is 354 g/mol. The molecular weight excluding hydrogens is 332 g/mol. The maximum absolute atomic E-state index is 12.7. The number of amides is 2. The van der Waals surface area contributed by atoms with E-state index >= 15 is 0 Å². The molecule has 1 saturated heterocycles. The van der Waals surface area contributed by atoms with Crippen LogP contribution in [0.15, 0.2) is 23.0 Å². The highest BCUT2D eigenvalue weighted by Crippen LogP contribution is 2.39. The summed E-state index contributed by atoms with van der Waals surface area (Å²) < 4.78 is 0. The topological polar surface area (TPSA) is 86.4 Å². The van der Waals surface area contributed by atoms with Gasteiger partial charge < -0.3 is 14.8 Å². The summed E-state index contributed by atoms with van der Waals surface area (Å²) in [4.78, 5) is 47.4. The highest BCUT2D eigenvalue weighted by Gasteiger charge is 2.44. The normalized spacial score (nSPS) is 22.2. The van der Waals surface area contributed by atoms with Crippen LogP contribution in [0, 0.1) is 18.8 Å². The Morgan fingerprint density at radius 1 is 1.31 bits per heavy atom. The van der Waals surface area contributed by atoms with Crippen LogP contribution in [-0.4, -0.2) is 57.8 Å². The Morgan fingerprint density at radius 3 is 2.65 bits per heavy atom. The molecule has 4 rings (SSSR count). The number of aryl methyl sites for hydroxylation is 1. The summed E-state index contributed by atoms with van der Waals surface area (Å²) in [7, 11) is 1.83. The number of aromatic nitrogens is 2. The van der Waals surface area contributed by atoms with E-state index < -0.39 is 0 Å². The van der Waals surface area contributed by atoms with Crippen LogP contribution in [-0.2, 0) is 4.79 Å². The number of hydrogen-bond donors (Lipinski definition) is 1. The van der Waals surface area contributed by atoms with Gasteiger partial charge in [-0.05, 0) is 37.5 Å². The van der Waals surface area contributed by atoms with Gasteiger partial charge >= 0.3 is 0 Å². The van der Waals surface area contributed by atoms with Crippen molar-refractivity contribution in [1.82, 2.24) is 19.8 Å². The molecule has 2 heterocycles. The summed E-state index contributed by atoms with van der Waals surface area (Å²) in [5.74, 6) is 1.27. The van der Waals surface area contributed by atoms with Gasteiger partial charge in [0.1, 0.15) is 5.82 Å². The van der Waals surface area contributed by atoms with Gasteiger partial charge in [0, 0.05) is 31.6 Å². The zero-order chi connectivity index (χ0) is 18.6. The number of carbonyl (C=O) groups excluding carboxylic acids is 2. The predicted octanol–water partition coefficient (Wildman–Crippen LogP) is 1.17. The SMILES string of the molecule is Cc1nc2cc(C(=O)N3CC(N(C)C(=O)[C@H]4C[C@@H]4C)C3)ccc2c(=O)[nH]1. The van der Waals surface area contributed by atoms with Gasteiger partial charge in [0.2, 0.25) is 5.91 Å². The number of nitrogens with one attached hydrogen (secondary N) is 1. The highest BCUT2D eigenvalue weighted by molar-refractivity contribution is 5.98. The molecule has 1 aliphatic carbocycles. The first kappa shape index (κ1) is 16.8. The van der Waals surface area contributed by atoms with Gasteiger partial charge in [-0.2, -0.15) is 0 Å². The van der Waals surface area contributed by atoms with Crippen LogP contribution in [0.1, 0.15) is 29.5 Å². The van der Waals surface area contributed by atoms with E-state index in [0.717, 1.165) is 6.42 Å². The molecule has 1 aromatic carbocycles. The third-order valence-corrected chi connectivity index (χ3v) is 5.54. The Bertz CT molecular complexity index is 961. The van der Waals surface area contributed by atoms with Crippen molar-refractivity contribution >= 4 is 22.7 Å². The summed E-state index contributed by atoms with van der Waals surface area (Å²) >= 11 is 0. The number of nitrogens with zero attached hydrogens (tertiary/aromatic N) is 3. The lowest BCUT2D eigenvalue weighted by Crippen LogP contribution is -2.61. The first-order chi connectivity index (χ1) is 12.3. The van der Waals surface area contributed by atoms with Crippen molar-refractivity contribution in [2.24, 2.45) is 11.8 Å². The van der Waals surface area contributed by atoms with Crippen LogP contribution in [0.25, 0.3) is 10.9 Å². The van der Waals surface area contributed by atoms with E-state index in [1.165, 1.54) is 0 Å². The van der Waals surface area contributed by atoms with E-state index in [1.807, 2.05) is 7.05 Å². The smallest absolute Gasteiger partial charge is 0.258 e. The zero-order valence-corrected chi connectivity index (χ0v) is 15.2. The molecule has 7 nitrogen and oxygen atoms in total. The predicted molar refractivity (Wildman–Crippen MR) is 96.8 cm³/mol. The van der Waals surface area contributed by atoms with E-state index in [-0.39, 0.29) is 29.3 Å². The minimum absolute atomic E-state index is 0.0860. The molecule has 0 bridgehead atoms. The summed E-state index contributed by atoms with van der Waals surface area (Å²) in [5.41, 5.74) is 0.826. The molecule has 0 spiro atoms. The molecule has 0 unspecified atom stereocenters. The summed E-state index contributed by atoms with van der Waals surface area (Å²) in [5, 5.41) is 0.470. The van der Waals surface area contributed by atoms with Crippen molar-refractivity contribution in [3.05, 3.63) is 39.9 Å². The maximum Gasteiger partial charge on any atom is 0.258 e. The number of fused-ring (bicyclic) bond motifs is 1. The zero-order valence-electron chi connectivity index (χ0n) is 15.2. The van der Waals surface area contributed by atoms with Crippen molar-refractivity contribution in [3.8, 4) is 0 Å². The van der Waals surface area contributed by atoms with Gasteiger partial charge in [0.15, 0.2) is 0 Å². The molecule has 0 radical (unpaired) electrons. The molecule has 2 atom stereocenters. The van der Waals surface area contributed by atoms with Gasteiger partial charge in [-0.25, -0.2) is 4.98 Å². The fourth-order valence-corrected chi connectivity index (χ4v) is 3.55. The van der Waals surface area contributed by atoms with Gasteiger partial charge in [-0.3, -0.25) is 14.4 Å². The van der Waals surface area contributed by atoms with Gasteiger partial charge in [-0.15, -0.1) is 0 Å². The number of carbonyl (C=O) groups is 2. The second-order valence-corrected chi connectivity index (χ2v) is 7.52. The third-order valence-electron chi connectivity index (χ3n) is 5.54. The first-order valence-corrected chi connectivity index (χ1v) is 8.92. The van der Waals surface area contributed by atoms with Crippen LogP contribution in [0.2, 0.25) is 0 Å². The Hall–Kier alpha value is -2.70. The van der Waals surface area contributed by atoms with Crippen LogP contribution in [0.4, 0.5) is 0 Å². The molecular formula is C19H22N4O3. The van der Waals surface area contributed by atoms with Gasteiger partial charge in [0.05, 0.1) is 16.9 Å². The standard InChI is InChI=1S/C19H22N4O3/c1-10-6-15(10)19(26)22(3)13-8-23(9-13)18(25)12-4-5-14-16(7-12)20-11(2)21-17(14)24/h4-5,7,10,13,15H,6,8-9H2,1-3H3,(H,20,21,24)/t10-,15-/m0/s1. The van der Waals surface area contributed by atoms with Gasteiger partial charge in [0.25, 0.3) is 11.5 Å². The number of likely N-dealkylation sites (tertiary alicyclic amines) is 1. The van der Waals surface area contributed by atoms with E-state index in [0.29, 0.717) is 41.3 Å². The molecule has 2 fully saturated rings. The third kappa shape index (κ3) is 2.77. The molecule has 1 aromatic heterocycles. The Morgan fingerprint density at radius 2 is 2.00 bits per heavy atom. The van der Waals surface area contributed by atoms with Crippen molar-refractivity contribution in [2.45, 2.75) is 26.3 Å². The quantitative estimate of drug-likeness (QED) is 0.896. The van der Waals surface area contributed by atoms with Crippen molar-refractivity contribution < 1.29 is 9.59 Å². The first-order valence-electron chi connectivity index (χ1n) is 8.92. The molecule has 1 aliphatic heterocycles. The average Bonchev–Trinajstić information content (AvgIpc) is 3.28. The molecule has 136 valence electrons. The number of benzene rings is 1. The number of rotatable bonds is 3. The number of H-pyrrole nitrogens is 1. The molecule has 7 heteroatoms. The highest BCUT2D eigenvalue weighted by atomic mass is 16.2. The van der Waals surface area contributed by atoms with Crippen LogP contribution in [0.3, 0.4) is 0 Å². The van der Waals surface area contributed by atoms with Gasteiger partial charge in [-0.1, -0.05) is 6.92 Å². The Balaban J connectivity index is 1.45. The van der Waals surface area contributed by atoms with Crippen LogP contribution >= 0.6 is 0 Å². The van der Waals surface area contributed by atoms with Crippen molar-refractivity contribution in [3.63, 3.8) is 0 Å². The molecule has 1 N–H and O–H groups in total. The number of hydrogen-bond acceptors (Lipinski definition) is 4. The average molecular weight is 354 g/mol. The number of likely N-dealkylation sites (N-methyl/N-ethyl adjacent to an activating group) is 1.